The van der Waals surface area contributed by atoms with E-state index < -0.39 is 35.7 Å². The first-order valence-electron chi connectivity index (χ1n) is 8.83. The van der Waals surface area contributed by atoms with Crippen LogP contribution in [0.1, 0.15) is 31.7 Å². The second kappa shape index (κ2) is 9.43. The quantitative estimate of drug-likeness (QED) is 0.558. The molecule has 1 saturated heterocycles. The van der Waals surface area contributed by atoms with E-state index >= 15 is 0 Å². The Morgan fingerprint density at radius 3 is 2.48 bits per heavy atom. The second-order valence-corrected chi connectivity index (χ2v) is 6.39. The van der Waals surface area contributed by atoms with Crippen LogP contribution in [0.5, 0.6) is 0 Å². The van der Waals surface area contributed by atoms with E-state index in [1.54, 1.807) is 6.92 Å². The molecule has 8 heteroatoms. The van der Waals surface area contributed by atoms with Gasteiger partial charge >= 0.3 is 12.1 Å². The summed E-state index contributed by atoms with van der Waals surface area (Å²) in [7, 11) is 1.22. The number of nitrogens with zero attached hydrogens (tertiary/aromatic N) is 1. The Labute approximate surface area is 156 Å². The average molecular weight is 383 g/mol. The summed E-state index contributed by atoms with van der Waals surface area (Å²) in [5, 5.41) is 0. The highest BCUT2D eigenvalue weighted by Crippen LogP contribution is 2.29. The molecule has 0 N–H and O–H groups in total. The van der Waals surface area contributed by atoms with E-state index in [1.165, 1.54) is 18.1 Å². The Hall–Kier alpha value is -2.51. The van der Waals surface area contributed by atoms with Crippen LogP contribution in [0, 0.1) is 17.6 Å². The fourth-order valence-corrected chi connectivity index (χ4v) is 3.36. The zero-order valence-electron chi connectivity index (χ0n) is 15.4. The summed E-state index contributed by atoms with van der Waals surface area (Å²) in [6.07, 6.45) is -0.507. The first-order valence-corrected chi connectivity index (χ1v) is 8.83. The number of hydrogen-bond acceptors (Lipinski definition) is 5. The second-order valence-electron chi connectivity index (χ2n) is 6.39. The first-order chi connectivity index (χ1) is 12.9. The molecule has 0 aliphatic carbocycles. The number of benzene rings is 1. The van der Waals surface area contributed by atoms with Crippen molar-refractivity contribution >= 4 is 17.8 Å². The summed E-state index contributed by atoms with van der Waals surface area (Å²) in [5.41, 5.74) is -0.144. The molecule has 0 bridgehead atoms. The number of carbonyl (C=O) groups is 3. The lowest BCUT2D eigenvalue weighted by atomic mass is 9.84. The molecule has 1 fully saturated rings. The predicted octanol–water partition coefficient (Wildman–Crippen LogP) is 2.88. The zero-order valence-corrected chi connectivity index (χ0v) is 15.4. The van der Waals surface area contributed by atoms with E-state index in [0.29, 0.717) is 6.42 Å². The van der Waals surface area contributed by atoms with Crippen molar-refractivity contribution in [2.24, 2.45) is 5.92 Å². The van der Waals surface area contributed by atoms with Gasteiger partial charge in [0.1, 0.15) is 23.8 Å². The number of likely N-dealkylation sites (tertiary alicyclic amines) is 1. The molecule has 148 valence electrons. The lowest BCUT2D eigenvalue weighted by molar-refractivity contribution is -0.146. The van der Waals surface area contributed by atoms with Gasteiger partial charge in [-0.2, -0.15) is 0 Å². The van der Waals surface area contributed by atoms with Crippen molar-refractivity contribution in [3.8, 4) is 0 Å². The molecule has 0 spiro atoms. The van der Waals surface area contributed by atoms with Crippen molar-refractivity contribution in [2.75, 3.05) is 20.3 Å². The summed E-state index contributed by atoms with van der Waals surface area (Å²) in [5.74, 6) is -2.80. The number of piperidine rings is 1. The smallest absolute Gasteiger partial charge is 0.409 e. The molecule has 1 aliphatic heterocycles. The summed E-state index contributed by atoms with van der Waals surface area (Å²) < 4.78 is 37.6. The number of halogens is 2. The zero-order chi connectivity index (χ0) is 20.0. The number of Topliss-reactive ketones (excluding diaryl/α,β-unsaturated/α-hetero) is 1. The normalized spacial score (nSPS) is 19.5. The first kappa shape index (κ1) is 20.8. The fourth-order valence-electron chi connectivity index (χ4n) is 3.36. The molecular weight excluding hydrogens is 360 g/mol. The van der Waals surface area contributed by atoms with Gasteiger partial charge in [0.05, 0.1) is 13.7 Å². The van der Waals surface area contributed by atoms with Crippen molar-refractivity contribution < 1.29 is 32.6 Å². The lowest BCUT2D eigenvalue weighted by Gasteiger charge is -2.38. The third-order valence-corrected chi connectivity index (χ3v) is 4.71. The van der Waals surface area contributed by atoms with Gasteiger partial charge in [0, 0.05) is 24.1 Å². The van der Waals surface area contributed by atoms with Crippen molar-refractivity contribution in [3.63, 3.8) is 0 Å². The van der Waals surface area contributed by atoms with Gasteiger partial charge in [-0.3, -0.25) is 9.59 Å². The Balaban J connectivity index is 2.16. The largest absolute Gasteiger partial charge is 0.466 e. The molecule has 1 aliphatic rings. The van der Waals surface area contributed by atoms with Crippen LogP contribution < -0.4 is 0 Å². The SMILES string of the molecule is CCOC(=O)CC(=O)C1CCN(C(=O)OC)C(Cc2c(F)cccc2F)C1. The minimum atomic E-state index is -0.709. The van der Waals surface area contributed by atoms with E-state index in [4.69, 9.17) is 9.47 Å². The van der Waals surface area contributed by atoms with Gasteiger partial charge in [-0.1, -0.05) is 6.07 Å². The van der Waals surface area contributed by atoms with Crippen molar-refractivity contribution in [1.29, 1.82) is 0 Å². The molecule has 27 heavy (non-hydrogen) atoms. The third-order valence-electron chi connectivity index (χ3n) is 4.71. The maximum Gasteiger partial charge on any atom is 0.409 e. The van der Waals surface area contributed by atoms with Gasteiger partial charge in [0.2, 0.25) is 0 Å². The molecule has 2 atom stereocenters. The lowest BCUT2D eigenvalue weighted by Crippen LogP contribution is -2.48. The third kappa shape index (κ3) is 5.24. The number of methoxy groups -OCH3 is 1. The Bertz CT molecular complexity index is 689. The van der Waals surface area contributed by atoms with Crippen LogP contribution in [0.15, 0.2) is 18.2 Å². The number of ketones is 1. The topological polar surface area (TPSA) is 72.9 Å². The van der Waals surface area contributed by atoms with E-state index in [0.717, 1.165) is 12.1 Å². The fraction of sp³-hybridized carbons (Fsp3) is 0.526. The van der Waals surface area contributed by atoms with E-state index in [1.807, 2.05) is 0 Å². The number of hydrogen-bond donors (Lipinski definition) is 0. The van der Waals surface area contributed by atoms with Gasteiger partial charge in [-0.25, -0.2) is 13.6 Å². The van der Waals surface area contributed by atoms with Crippen LogP contribution in [-0.2, 0) is 25.5 Å². The molecule has 6 nitrogen and oxygen atoms in total. The molecule has 2 rings (SSSR count). The molecular formula is C19H23F2NO5. The van der Waals surface area contributed by atoms with Crippen molar-refractivity contribution in [1.82, 2.24) is 4.90 Å². The van der Waals surface area contributed by atoms with Crippen molar-refractivity contribution in [3.05, 3.63) is 35.4 Å². The summed E-state index contributed by atoms with van der Waals surface area (Å²) >= 11 is 0. The van der Waals surface area contributed by atoms with Crippen LogP contribution >= 0.6 is 0 Å². The predicted molar refractivity (Wildman–Crippen MR) is 91.9 cm³/mol. The maximum atomic E-state index is 14.0. The Morgan fingerprint density at radius 2 is 1.89 bits per heavy atom. The number of amides is 1. The van der Waals surface area contributed by atoms with E-state index in [2.05, 4.69) is 0 Å². The van der Waals surface area contributed by atoms with Gasteiger partial charge in [-0.15, -0.1) is 0 Å². The Kier molecular flexibility index (Phi) is 7.27. The number of carbonyl (C=O) groups excluding carboxylic acids is 3. The maximum absolute atomic E-state index is 14.0. The van der Waals surface area contributed by atoms with Crippen LogP contribution in [0.2, 0.25) is 0 Å². The Morgan fingerprint density at radius 1 is 1.22 bits per heavy atom. The van der Waals surface area contributed by atoms with Gasteiger partial charge in [0.25, 0.3) is 0 Å². The molecule has 0 aromatic heterocycles. The number of ether oxygens (including phenoxy) is 2. The standard InChI is InChI=1S/C19H23F2NO5/c1-3-27-18(24)11-17(23)12-7-8-22(19(25)26-2)13(9-12)10-14-15(20)5-4-6-16(14)21/h4-6,12-13H,3,7-11H2,1-2H3. The monoisotopic (exact) mass is 383 g/mol. The molecule has 1 amide bonds. The van der Waals surface area contributed by atoms with Gasteiger partial charge in [0.15, 0.2) is 0 Å². The minimum Gasteiger partial charge on any atom is -0.466 e. The molecule has 1 aromatic carbocycles. The highest BCUT2D eigenvalue weighted by Gasteiger charge is 2.36. The van der Waals surface area contributed by atoms with Crippen molar-refractivity contribution in [2.45, 2.75) is 38.6 Å². The number of esters is 1. The molecule has 2 unspecified atom stereocenters. The molecule has 1 heterocycles. The van der Waals surface area contributed by atoms with E-state index in [-0.39, 0.29) is 43.8 Å². The van der Waals surface area contributed by atoms with Crippen LogP contribution in [0.4, 0.5) is 13.6 Å². The molecule has 1 aromatic rings. The van der Waals surface area contributed by atoms with Gasteiger partial charge in [-0.05, 0) is 38.3 Å². The van der Waals surface area contributed by atoms with Crippen LogP contribution in [-0.4, -0.2) is 49.0 Å². The minimum absolute atomic E-state index is 0.0865. The summed E-state index contributed by atoms with van der Waals surface area (Å²) in [4.78, 5) is 37.3. The summed E-state index contributed by atoms with van der Waals surface area (Å²) in [6, 6.07) is 2.94. The van der Waals surface area contributed by atoms with Gasteiger partial charge < -0.3 is 14.4 Å². The molecule has 0 saturated carbocycles. The average Bonchev–Trinajstić information content (AvgIpc) is 2.64. The highest BCUT2D eigenvalue weighted by atomic mass is 19.1. The van der Waals surface area contributed by atoms with E-state index in [9.17, 15) is 23.2 Å². The van der Waals surface area contributed by atoms with Crippen LogP contribution in [0.25, 0.3) is 0 Å². The highest BCUT2D eigenvalue weighted by molar-refractivity contribution is 5.96. The molecule has 0 radical (unpaired) electrons. The summed E-state index contributed by atoms with van der Waals surface area (Å²) in [6.45, 7) is 2.03. The number of rotatable bonds is 6. The van der Waals surface area contributed by atoms with Crippen LogP contribution in [0.3, 0.4) is 0 Å².